The highest BCUT2D eigenvalue weighted by molar-refractivity contribution is 8.23. The molecular weight excluding hydrogens is 438 g/mol. The molecule has 158 valence electrons. The van der Waals surface area contributed by atoms with Gasteiger partial charge in [-0.1, -0.05) is 47.7 Å². The topological polar surface area (TPSA) is 54.3 Å². The zero-order valence-corrected chi connectivity index (χ0v) is 19.3. The summed E-state index contributed by atoms with van der Waals surface area (Å²) in [5, 5.41) is 3.09. The predicted molar refractivity (Wildman–Crippen MR) is 128 cm³/mol. The quantitative estimate of drug-likeness (QED) is 0.691. The molecule has 0 spiro atoms. The van der Waals surface area contributed by atoms with Crippen molar-refractivity contribution in [2.45, 2.75) is 38.0 Å². The first-order valence-corrected chi connectivity index (χ1v) is 11.7. The Hall–Kier alpha value is -1.83. The Morgan fingerprint density at radius 2 is 2.07 bits per heavy atom. The summed E-state index contributed by atoms with van der Waals surface area (Å²) in [6, 6.07) is 11.1. The normalized spacial score (nSPS) is 21.0. The van der Waals surface area contributed by atoms with Gasteiger partial charge in [0.25, 0.3) is 5.56 Å². The number of thioether (sulfide) groups is 1. The number of likely N-dealkylation sites (tertiary alicyclic amines) is 1. The second kappa shape index (κ2) is 8.73. The minimum Gasteiger partial charge on any atom is -0.356 e. The molecule has 4 rings (SSSR count). The highest BCUT2D eigenvalue weighted by Crippen LogP contribution is 2.36. The van der Waals surface area contributed by atoms with E-state index in [9.17, 15) is 9.59 Å². The number of anilines is 1. The molecule has 0 unspecified atom stereocenters. The summed E-state index contributed by atoms with van der Waals surface area (Å²) in [6.45, 7) is 6.15. The fourth-order valence-corrected chi connectivity index (χ4v) is 5.81. The first kappa shape index (κ1) is 21.4. The maximum Gasteiger partial charge on any atom is 0.250 e. The van der Waals surface area contributed by atoms with Crippen LogP contribution in [0.4, 0.5) is 5.69 Å². The first-order chi connectivity index (χ1) is 14.3. The van der Waals surface area contributed by atoms with Gasteiger partial charge in [0, 0.05) is 37.3 Å². The highest BCUT2D eigenvalue weighted by Gasteiger charge is 2.35. The predicted octanol–water partition coefficient (Wildman–Crippen LogP) is 4.27. The zero-order valence-electron chi connectivity index (χ0n) is 16.9. The number of nitrogens with zero attached hydrogens (tertiary/aromatic N) is 2. The van der Waals surface area contributed by atoms with E-state index < -0.39 is 0 Å². The number of carbonyl (C=O) groups excluding carboxylic acids is 1. The SMILES string of the molecule is Cc1ccc(Cl)c(NC(=O)[C@@H](C)SC(=S)N2C[C@@H]3C[C@@H](C2)c2cccc(=O)n2C3)c1. The molecule has 1 aromatic heterocycles. The summed E-state index contributed by atoms with van der Waals surface area (Å²) in [7, 11) is 0. The van der Waals surface area contributed by atoms with Crippen molar-refractivity contribution in [1.29, 1.82) is 0 Å². The number of benzene rings is 1. The number of carbonyl (C=O) groups is 1. The number of rotatable bonds is 3. The second-order valence-electron chi connectivity index (χ2n) is 8.10. The average Bonchev–Trinajstić information content (AvgIpc) is 2.71. The largest absolute Gasteiger partial charge is 0.356 e. The van der Waals surface area contributed by atoms with Crippen LogP contribution in [0.5, 0.6) is 0 Å². The number of amides is 1. The minimum absolute atomic E-state index is 0.0766. The van der Waals surface area contributed by atoms with Gasteiger partial charge >= 0.3 is 0 Å². The van der Waals surface area contributed by atoms with E-state index in [1.54, 1.807) is 12.1 Å². The van der Waals surface area contributed by atoms with Gasteiger partial charge in [-0.2, -0.15) is 0 Å². The minimum atomic E-state index is -0.342. The van der Waals surface area contributed by atoms with E-state index in [4.69, 9.17) is 23.8 Å². The van der Waals surface area contributed by atoms with Gasteiger partial charge in [-0.05, 0) is 49.9 Å². The van der Waals surface area contributed by atoms with Crippen LogP contribution in [-0.4, -0.2) is 38.0 Å². The van der Waals surface area contributed by atoms with Gasteiger partial charge in [0.15, 0.2) is 0 Å². The van der Waals surface area contributed by atoms with Gasteiger partial charge in [-0.3, -0.25) is 9.59 Å². The summed E-state index contributed by atoms with van der Waals surface area (Å²) >= 11 is 13.3. The standard InChI is InChI=1S/C22H24ClN3O2S2/c1-13-6-7-17(23)18(8-13)24-21(28)14(2)30-22(29)25-10-15-9-16(12-25)19-4-3-5-20(27)26(19)11-15/h3-8,14-16H,9-12H2,1-2H3,(H,24,28)/t14-,15+,16+/m1/s1. The number of aromatic nitrogens is 1. The smallest absolute Gasteiger partial charge is 0.250 e. The maximum absolute atomic E-state index is 12.7. The van der Waals surface area contributed by atoms with Crippen LogP contribution in [0.25, 0.3) is 0 Å². The molecule has 8 heteroatoms. The van der Waals surface area contributed by atoms with Gasteiger partial charge in [-0.15, -0.1) is 0 Å². The van der Waals surface area contributed by atoms with Crippen molar-refractivity contribution >= 4 is 51.5 Å². The molecule has 0 aliphatic carbocycles. The van der Waals surface area contributed by atoms with Crippen LogP contribution in [-0.2, 0) is 11.3 Å². The van der Waals surface area contributed by atoms with E-state index >= 15 is 0 Å². The van der Waals surface area contributed by atoms with Gasteiger partial charge in [0.1, 0.15) is 4.32 Å². The number of hydrogen-bond acceptors (Lipinski definition) is 4. The van der Waals surface area contributed by atoms with Crippen molar-refractivity contribution in [3.05, 3.63) is 63.0 Å². The Labute approximate surface area is 190 Å². The van der Waals surface area contributed by atoms with Gasteiger partial charge in [-0.25, -0.2) is 0 Å². The molecule has 0 radical (unpaired) electrons. The van der Waals surface area contributed by atoms with Crippen molar-refractivity contribution in [3.63, 3.8) is 0 Å². The Morgan fingerprint density at radius 1 is 1.27 bits per heavy atom. The van der Waals surface area contributed by atoms with E-state index in [2.05, 4.69) is 10.2 Å². The third-order valence-electron chi connectivity index (χ3n) is 5.76. The molecule has 1 aromatic carbocycles. The molecule has 2 aliphatic heterocycles. The molecule has 2 bridgehead atoms. The molecule has 1 saturated heterocycles. The number of nitrogens with one attached hydrogen (secondary N) is 1. The highest BCUT2D eigenvalue weighted by atomic mass is 35.5. The molecular formula is C22H24ClN3O2S2. The van der Waals surface area contributed by atoms with Gasteiger partial charge < -0.3 is 14.8 Å². The third-order valence-corrected chi connectivity index (χ3v) is 7.67. The molecule has 1 amide bonds. The van der Waals surface area contributed by atoms with Crippen molar-refractivity contribution in [2.75, 3.05) is 18.4 Å². The zero-order chi connectivity index (χ0) is 21.4. The lowest BCUT2D eigenvalue weighted by molar-refractivity contribution is -0.115. The second-order valence-corrected chi connectivity index (χ2v) is 10.5. The van der Waals surface area contributed by atoms with Crippen LogP contribution in [0.15, 0.2) is 41.2 Å². The van der Waals surface area contributed by atoms with Gasteiger partial charge in [0.05, 0.1) is 16.0 Å². The Balaban J connectivity index is 1.40. The summed E-state index contributed by atoms with van der Waals surface area (Å²) < 4.78 is 2.64. The molecule has 3 atom stereocenters. The fourth-order valence-electron chi connectivity index (χ4n) is 4.29. The van der Waals surface area contributed by atoms with Crippen LogP contribution in [0.1, 0.15) is 30.5 Å². The van der Waals surface area contributed by atoms with Crippen LogP contribution in [0, 0.1) is 12.8 Å². The van der Waals surface area contributed by atoms with Crippen LogP contribution < -0.4 is 10.9 Å². The van der Waals surface area contributed by atoms with Crippen LogP contribution in [0.3, 0.4) is 0 Å². The van der Waals surface area contributed by atoms with Crippen molar-refractivity contribution < 1.29 is 4.79 Å². The number of thiocarbonyl (C=S) groups is 1. The molecule has 1 N–H and O–H groups in total. The summed E-state index contributed by atoms with van der Waals surface area (Å²) in [5.74, 6) is 0.564. The van der Waals surface area contributed by atoms with E-state index in [0.29, 0.717) is 22.5 Å². The number of pyridine rings is 1. The monoisotopic (exact) mass is 461 g/mol. The van der Waals surface area contributed by atoms with Gasteiger partial charge in [0.2, 0.25) is 5.91 Å². The van der Waals surface area contributed by atoms with Crippen molar-refractivity contribution in [3.8, 4) is 0 Å². The van der Waals surface area contributed by atoms with E-state index in [0.717, 1.165) is 41.6 Å². The number of piperidine rings is 1. The molecule has 1 fully saturated rings. The number of halogens is 1. The maximum atomic E-state index is 12.7. The van der Waals surface area contributed by atoms with Crippen molar-refractivity contribution in [1.82, 2.24) is 9.47 Å². The Kier molecular flexibility index (Phi) is 6.23. The molecule has 30 heavy (non-hydrogen) atoms. The van der Waals surface area contributed by atoms with E-state index in [1.807, 2.05) is 42.7 Å². The molecule has 2 aromatic rings. The van der Waals surface area contributed by atoms with Crippen LogP contribution >= 0.6 is 35.6 Å². The fraction of sp³-hybridized carbons (Fsp3) is 0.409. The number of aryl methyl sites for hydroxylation is 1. The summed E-state index contributed by atoms with van der Waals surface area (Å²) in [5.41, 5.74) is 2.82. The molecule has 2 aliphatic rings. The third kappa shape index (κ3) is 4.43. The van der Waals surface area contributed by atoms with E-state index in [-0.39, 0.29) is 16.7 Å². The lowest BCUT2D eigenvalue weighted by Crippen LogP contribution is -2.48. The Bertz CT molecular complexity index is 1050. The summed E-state index contributed by atoms with van der Waals surface area (Å²) in [6.07, 6.45) is 1.08. The lowest BCUT2D eigenvalue weighted by atomic mass is 9.83. The number of fused-ring (bicyclic) bond motifs is 4. The average molecular weight is 462 g/mol. The number of hydrogen-bond donors (Lipinski definition) is 1. The molecule has 0 saturated carbocycles. The molecule has 3 heterocycles. The Morgan fingerprint density at radius 3 is 2.87 bits per heavy atom. The lowest BCUT2D eigenvalue weighted by Gasteiger charge is -2.43. The first-order valence-electron chi connectivity index (χ1n) is 10.0. The summed E-state index contributed by atoms with van der Waals surface area (Å²) in [4.78, 5) is 27.1. The van der Waals surface area contributed by atoms with Crippen molar-refractivity contribution in [2.24, 2.45) is 5.92 Å². The van der Waals surface area contributed by atoms with Crippen LogP contribution in [0.2, 0.25) is 5.02 Å². The molecule has 5 nitrogen and oxygen atoms in total. The van der Waals surface area contributed by atoms with E-state index in [1.165, 1.54) is 11.8 Å².